The lowest BCUT2D eigenvalue weighted by atomic mass is 10.1. The number of rotatable bonds is 4. The van der Waals surface area contributed by atoms with Gasteiger partial charge in [0.1, 0.15) is 17.1 Å². The Morgan fingerprint density at radius 2 is 2.00 bits per heavy atom. The van der Waals surface area contributed by atoms with Gasteiger partial charge < -0.3 is 5.11 Å². The second-order valence-corrected chi connectivity index (χ2v) is 4.14. The van der Waals surface area contributed by atoms with E-state index in [0.717, 1.165) is 0 Å². The van der Waals surface area contributed by atoms with E-state index in [9.17, 15) is 14.3 Å². The third-order valence-corrected chi connectivity index (χ3v) is 3.02. The van der Waals surface area contributed by atoms with Crippen LogP contribution in [-0.4, -0.2) is 20.9 Å². The van der Waals surface area contributed by atoms with Gasteiger partial charge in [-0.25, -0.2) is 13.9 Å². The Bertz CT molecular complexity index is 620. The molecule has 1 aromatic heterocycles. The third kappa shape index (κ3) is 2.23. The number of halogens is 1. The van der Waals surface area contributed by atoms with Gasteiger partial charge in [0.25, 0.3) is 0 Å². The highest BCUT2D eigenvalue weighted by Crippen LogP contribution is 2.22. The predicted molar refractivity (Wildman–Crippen MR) is 69.2 cm³/mol. The molecule has 0 aliphatic heterocycles. The van der Waals surface area contributed by atoms with Gasteiger partial charge in [0, 0.05) is 0 Å². The Morgan fingerprint density at radius 1 is 1.32 bits per heavy atom. The van der Waals surface area contributed by atoms with Crippen LogP contribution in [0.4, 0.5) is 4.39 Å². The maximum absolute atomic E-state index is 13.8. The summed E-state index contributed by atoms with van der Waals surface area (Å²) >= 11 is 0. The first-order chi connectivity index (χ1) is 9.10. The molecule has 1 heterocycles. The average Bonchev–Trinajstić information content (AvgIpc) is 2.77. The van der Waals surface area contributed by atoms with Crippen molar-refractivity contribution in [1.29, 1.82) is 0 Å². The van der Waals surface area contributed by atoms with Crippen molar-refractivity contribution >= 4 is 5.97 Å². The quantitative estimate of drug-likeness (QED) is 0.921. The van der Waals surface area contributed by atoms with Crippen LogP contribution in [0.5, 0.6) is 0 Å². The van der Waals surface area contributed by atoms with Crippen molar-refractivity contribution < 1.29 is 14.3 Å². The number of aromatic nitrogens is 2. The van der Waals surface area contributed by atoms with Gasteiger partial charge in [0.05, 0.1) is 11.4 Å². The summed E-state index contributed by atoms with van der Waals surface area (Å²) in [6, 6.07) is 6.22. The number of aryl methyl sites for hydroxylation is 1. The Labute approximate surface area is 110 Å². The zero-order valence-electron chi connectivity index (χ0n) is 10.9. The van der Waals surface area contributed by atoms with Crippen molar-refractivity contribution in [1.82, 2.24) is 9.78 Å². The summed E-state index contributed by atoms with van der Waals surface area (Å²) in [5.41, 5.74) is 1.47. The first-order valence-corrected chi connectivity index (χ1v) is 6.19. The molecule has 1 aromatic carbocycles. The predicted octanol–water partition coefficient (Wildman–Crippen LogP) is 2.83. The maximum Gasteiger partial charge on any atom is 0.339 e. The number of carboxylic acids is 1. The van der Waals surface area contributed by atoms with E-state index in [1.165, 1.54) is 10.7 Å². The number of carbonyl (C=O) groups is 1. The lowest BCUT2D eigenvalue weighted by Gasteiger charge is -2.07. The normalized spacial score (nSPS) is 10.7. The van der Waals surface area contributed by atoms with Gasteiger partial charge in [-0.1, -0.05) is 26.0 Å². The maximum atomic E-state index is 13.8. The van der Waals surface area contributed by atoms with Crippen LogP contribution >= 0.6 is 0 Å². The molecule has 0 fully saturated rings. The standard InChI is InChI=1S/C14H15FN2O2/c1-3-10-13(14(18)19)11(4-2)17(16-10)12-8-6-5-7-9(12)15/h5-8H,3-4H2,1-2H3,(H,18,19). The summed E-state index contributed by atoms with van der Waals surface area (Å²) in [7, 11) is 0. The number of carboxylic acid groups (broad SMARTS) is 1. The molecule has 0 aliphatic carbocycles. The molecule has 1 N–H and O–H groups in total. The van der Waals surface area contributed by atoms with Gasteiger partial charge in [-0.15, -0.1) is 0 Å². The van der Waals surface area contributed by atoms with Gasteiger partial charge in [-0.2, -0.15) is 5.10 Å². The molecular formula is C14H15FN2O2. The highest BCUT2D eigenvalue weighted by molar-refractivity contribution is 5.90. The summed E-state index contributed by atoms with van der Waals surface area (Å²) in [6.07, 6.45) is 0.971. The van der Waals surface area contributed by atoms with E-state index < -0.39 is 11.8 Å². The monoisotopic (exact) mass is 262 g/mol. The fourth-order valence-corrected chi connectivity index (χ4v) is 2.15. The Balaban J connectivity index is 2.71. The first-order valence-electron chi connectivity index (χ1n) is 6.19. The molecule has 0 atom stereocenters. The topological polar surface area (TPSA) is 55.1 Å². The minimum atomic E-state index is -1.02. The minimum absolute atomic E-state index is 0.188. The van der Waals surface area contributed by atoms with Crippen molar-refractivity contribution in [2.24, 2.45) is 0 Å². The minimum Gasteiger partial charge on any atom is -0.478 e. The Hall–Kier alpha value is -2.17. The lowest BCUT2D eigenvalue weighted by Crippen LogP contribution is -2.07. The van der Waals surface area contributed by atoms with E-state index in [2.05, 4.69) is 5.10 Å². The van der Waals surface area contributed by atoms with Crippen LogP contribution in [0.2, 0.25) is 0 Å². The van der Waals surface area contributed by atoms with Crippen LogP contribution in [0, 0.1) is 5.82 Å². The molecule has 0 aliphatic rings. The number of benzene rings is 1. The van der Waals surface area contributed by atoms with Gasteiger partial charge >= 0.3 is 5.97 Å². The summed E-state index contributed by atoms with van der Waals surface area (Å²) in [5, 5.41) is 13.5. The van der Waals surface area contributed by atoms with Crippen molar-refractivity contribution in [3.05, 3.63) is 47.0 Å². The van der Waals surface area contributed by atoms with Crippen molar-refractivity contribution in [2.45, 2.75) is 26.7 Å². The summed E-state index contributed by atoms with van der Waals surface area (Å²) in [5.74, 6) is -1.43. The van der Waals surface area contributed by atoms with E-state index in [0.29, 0.717) is 24.2 Å². The SMILES string of the molecule is CCc1nn(-c2ccccc2F)c(CC)c1C(=O)O. The van der Waals surface area contributed by atoms with E-state index in [1.54, 1.807) is 18.2 Å². The Morgan fingerprint density at radius 3 is 2.53 bits per heavy atom. The fourth-order valence-electron chi connectivity index (χ4n) is 2.15. The van der Waals surface area contributed by atoms with Crippen molar-refractivity contribution in [3.8, 4) is 5.69 Å². The molecule has 0 saturated carbocycles. The highest BCUT2D eigenvalue weighted by Gasteiger charge is 2.22. The zero-order chi connectivity index (χ0) is 14.0. The first kappa shape index (κ1) is 13.3. The highest BCUT2D eigenvalue weighted by atomic mass is 19.1. The second kappa shape index (κ2) is 5.22. The van der Waals surface area contributed by atoms with Gasteiger partial charge in [0.15, 0.2) is 0 Å². The average molecular weight is 262 g/mol. The van der Waals surface area contributed by atoms with E-state index in [1.807, 2.05) is 13.8 Å². The third-order valence-electron chi connectivity index (χ3n) is 3.02. The van der Waals surface area contributed by atoms with Crippen LogP contribution in [0.25, 0.3) is 5.69 Å². The number of para-hydroxylation sites is 1. The molecule has 0 bridgehead atoms. The van der Waals surface area contributed by atoms with Gasteiger partial charge in [-0.3, -0.25) is 0 Å². The van der Waals surface area contributed by atoms with Crippen LogP contribution < -0.4 is 0 Å². The molecule has 2 aromatic rings. The molecular weight excluding hydrogens is 247 g/mol. The summed E-state index contributed by atoms with van der Waals surface area (Å²) < 4.78 is 15.2. The molecule has 19 heavy (non-hydrogen) atoms. The number of hydrogen-bond donors (Lipinski definition) is 1. The number of hydrogen-bond acceptors (Lipinski definition) is 2. The van der Waals surface area contributed by atoms with E-state index in [-0.39, 0.29) is 11.3 Å². The Kier molecular flexibility index (Phi) is 3.64. The summed E-state index contributed by atoms with van der Waals surface area (Å²) in [6.45, 7) is 3.67. The van der Waals surface area contributed by atoms with Gasteiger partial charge in [-0.05, 0) is 25.0 Å². The number of nitrogens with zero attached hydrogens (tertiary/aromatic N) is 2. The van der Waals surface area contributed by atoms with Gasteiger partial charge in [0.2, 0.25) is 0 Å². The smallest absolute Gasteiger partial charge is 0.339 e. The van der Waals surface area contributed by atoms with E-state index in [4.69, 9.17) is 0 Å². The molecule has 4 nitrogen and oxygen atoms in total. The van der Waals surface area contributed by atoms with Crippen LogP contribution in [0.1, 0.15) is 35.6 Å². The molecule has 0 unspecified atom stereocenters. The molecule has 2 rings (SSSR count). The molecule has 0 amide bonds. The second-order valence-electron chi connectivity index (χ2n) is 4.14. The van der Waals surface area contributed by atoms with Crippen LogP contribution in [-0.2, 0) is 12.8 Å². The van der Waals surface area contributed by atoms with E-state index >= 15 is 0 Å². The van der Waals surface area contributed by atoms with Crippen LogP contribution in [0.3, 0.4) is 0 Å². The summed E-state index contributed by atoms with van der Waals surface area (Å²) in [4.78, 5) is 11.3. The molecule has 0 radical (unpaired) electrons. The number of aromatic carboxylic acids is 1. The lowest BCUT2D eigenvalue weighted by molar-refractivity contribution is 0.0694. The zero-order valence-corrected chi connectivity index (χ0v) is 10.9. The molecule has 5 heteroatoms. The molecule has 100 valence electrons. The van der Waals surface area contributed by atoms with Crippen molar-refractivity contribution in [3.63, 3.8) is 0 Å². The molecule has 0 saturated heterocycles. The van der Waals surface area contributed by atoms with Crippen LogP contribution in [0.15, 0.2) is 24.3 Å². The largest absolute Gasteiger partial charge is 0.478 e. The fraction of sp³-hybridized carbons (Fsp3) is 0.286. The van der Waals surface area contributed by atoms with Crippen molar-refractivity contribution in [2.75, 3.05) is 0 Å². The molecule has 0 spiro atoms.